The number of nitrogens with zero attached hydrogens (tertiary/aromatic N) is 3. The Labute approximate surface area is 300 Å². The van der Waals surface area contributed by atoms with Gasteiger partial charge < -0.3 is 13.7 Å². The fourth-order valence-corrected chi connectivity index (χ4v) is 9.24. The second-order valence-electron chi connectivity index (χ2n) is 14.1. The fraction of sp³-hybridized carbons (Fsp3) is 0.0204. The number of benzene rings is 7. The van der Waals surface area contributed by atoms with E-state index in [9.17, 15) is 0 Å². The van der Waals surface area contributed by atoms with Crippen LogP contribution in [0.4, 0.5) is 0 Å². The lowest BCUT2D eigenvalue weighted by Crippen LogP contribution is -2.13. The highest BCUT2D eigenvalue weighted by Gasteiger charge is 2.41. The molecule has 0 fully saturated rings. The van der Waals surface area contributed by atoms with Crippen molar-refractivity contribution in [3.05, 3.63) is 198 Å². The molecular weight excluding hydrogens is 631 g/mol. The van der Waals surface area contributed by atoms with Crippen LogP contribution in [0, 0.1) is 0 Å². The molecule has 2 aliphatic rings. The first-order valence-corrected chi connectivity index (χ1v) is 18.1. The topological polar surface area (TPSA) is 14.8 Å². The third kappa shape index (κ3) is 3.69. The number of hydrogen-bond acceptors (Lipinski definition) is 0. The van der Waals surface area contributed by atoms with Gasteiger partial charge in [0.05, 0.1) is 27.8 Å². The van der Waals surface area contributed by atoms with Crippen LogP contribution in [0.3, 0.4) is 0 Å². The summed E-state index contributed by atoms with van der Waals surface area (Å²) in [6.45, 7) is 0. The lowest BCUT2D eigenvalue weighted by molar-refractivity contribution is 0.992. The molecule has 3 nitrogen and oxygen atoms in total. The third-order valence-electron chi connectivity index (χ3n) is 11.5. The van der Waals surface area contributed by atoms with Crippen LogP contribution in [0.2, 0.25) is 0 Å². The van der Waals surface area contributed by atoms with Crippen LogP contribution >= 0.6 is 0 Å². The quantitative estimate of drug-likeness (QED) is 0.178. The minimum atomic E-state index is 0.320. The molecule has 52 heavy (non-hydrogen) atoms. The zero-order valence-electron chi connectivity index (χ0n) is 28.2. The first-order chi connectivity index (χ1) is 25.8. The Kier molecular flexibility index (Phi) is 5.56. The van der Waals surface area contributed by atoms with E-state index >= 15 is 0 Å². The average Bonchev–Trinajstić information content (AvgIpc) is 3.95. The molecule has 3 aromatic heterocycles. The van der Waals surface area contributed by atoms with Gasteiger partial charge in [-0.05, 0) is 100 Å². The van der Waals surface area contributed by atoms with Gasteiger partial charge in [0.15, 0.2) is 0 Å². The van der Waals surface area contributed by atoms with Crippen LogP contribution in [0.25, 0.3) is 83.4 Å². The van der Waals surface area contributed by atoms with E-state index in [1.165, 1.54) is 88.4 Å². The molecule has 0 spiro atoms. The van der Waals surface area contributed by atoms with E-state index in [1.807, 2.05) is 0 Å². The predicted molar refractivity (Wildman–Crippen MR) is 216 cm³/mol. The first-order valence-electron chi connectivity index (χ1n) is 18.1. The van der Waals surface area contributed by atoms with E-state index in [0.29, 0.717) is 5.92 Å². The summed E-state index contributed by atoms with van der Waals surface area (Å²) in [6, 6.07) is 62.2. The average molecular weight is 662 g/mol. The van der Waals surface area contributed by atoms with Crippen molar-refractivity contribution in [3.8, 4) is 28.2 Å². The molecular formula is C49H31N3. The summed E-state index contributed by atoms with van der Waals surface area (Å²) in [6.07, 6.45) is 4.64. The van der Waals surface area contributed by atoms with Crippen molar-refractivity contribution in [2.24, 2.45) is 0 Å². The highest BCUT2D eigenvalue weighted by Crippen LogP contribution is 2.58. The van der Waals surface area contributed by atoms with Gasteiger partial charge >= 0.3 is 0 Å². The maximum Gasteiger partial charge on any atom is 0.0788 e. The lowest BCUT2D eigenvalue weighted by atomic mass is 9.72. The van der Waals surface area contributed by atoms with Crippen LogP contribution in [0.1, 0.15) is 28.3 Å². The van der Waals surface area contributed by atoms with E-state index < -0.39 is 0 Å². The normalized spacial score (nSPS) is 14.5. The number of para-hydroxylation sites is 2. The highest BCUT2D eigenvalue weighted by molar-refractivity contribution is 6.18. The Morgan fingerprint density at radius 1 is 0.442 bits per heavy atom. The van der Waals surface area contributed by atoms with Crippen molar-refractivity contribution in [1.29, 1.82) is 0 Å². The molecule has 0 bridgehead atoms. The molecule has 3 heteroatoms. The molecule has 0 saturated heterocycles. The summed E-state index contributed by atoms with van der Waals surface area (Å²) in [7, 11) is 0. The zero-order chi connectivity index (χ0) is 33.9. The summed E-state index contributed by atoms with van der Waals surface area (Å²) in [5, 5.41) is 5.07. The predicted octanol–water partition coefficient (Wildman–Crippen LogP) is 12.3. The molecule has 3 heterocycles. The summed E-state index contributed by atoms with van der Waals surface area (Å²) in [5.74, 6) is 0.320. The van der Waals surface area contributed by atoms with Crippen LogP contribution in [-0.4, -0.2) is 13.7 Å². The Balaban J connectivity index is 1.07. The van der Waals surface area contributed by atoms with E-state index in [1.54, 1.807) is 0 Å². The minimum Gasteiger partial charge on any atom is -0.315 e. The minimum absolute atomic E-state index is 0.320. The van der Waals surface area contributed by atoms with Crippen molar-refractivity contribution in [2.45, 2.75) is 5.92 Å². The van der Waals surface area contributed by atoms with Gasteiger partial charge in [-0.25, -0.2) is 0 Å². The van der Waals surface area contributed by atoms with Crippen LogP contribution < -0.4 is 0 Å². The SMILES string of the molecule is C1=C2c3ccccc3C2c2c1n(-c1ccc(-n3c4ccccc4c4ccc5ccn(-c6ccccc6)c5c43)cc1)c1ccc(-c3ccccc3)cc21. The standard InChI is InChI=1S/C49H31N3/c1-3-11-31(12-4-1)33-20-26-44-42(29-33)47-45(30-41-37-15-7-8-17-39(37)46(41)47)51(44)35-21-23-36(24-22-35)52-43-18-10-9-16-38(43)40-25-19-32-27-28-50(48(32)49(40)52)34-13-5-2-6-14-34/h1-30,46H. The number of aromatic nitrogens is 3. The summed E-state index contributed by atoms with van der Waals surface area (Å²) < 4.78 is 7.28. The monoisotopic (exact) mass is 661 g/mol. The fourth-order valence-electron chi connectivity index (χ4n) is 9.24. The van der Waals surface area contributed by atoms with Gasteiger partial charge in [-0.15, -0.1) is 0 Å². The molecule has 12 rings (SSSR count). The maximum absolute atomic E-state index is 2.49. The Morgan fingerprint density at radius 3 is 2.00 bits per heavy atom. The number of rotatable bonds is 4. The summed E-state index contributed by atoms with van der Waals surface area (Å²) >= 11 is 0. The van der Waals surface area contributed by atoms with Crippen molar-refractivity contribution in [3.63, 3.8) is 0 Å². The smallest absolute Gasteiger partial charge is 0.0788 e. The number of hydrogen-bond donors (Lipinski definition) is 0. The molecule has 2 aliphatic carbocycles. The van der Waals surface area contributed by atoms with E-state index in [0.717, 1.165) is 11.4 Å². The molecule has 1 atom stereocenters. The Morgan fingerprint density at radius 2 is 1.15 bits per heavy atom. The van der Waals surface area contributed by atoms with Crippen molar-refractivity contribution >= 4 is 55.3 Å². The Bertz CT molecular complexity index is 3100. The first kappa shape index (κ1) is 27.9. The Hall–Kier alpha value is -6.84. The molecule has 10 aromatic rings. The van der Waals surface area contributed by atoms with Gasteiger partial charge in [0.25, 0.3) is 0 Å². The maximum atomic E-state index is 2.49. The molecule has 0 radical (unpaired) electrons. The van der Waals surface area contributed by atoms with E-state index in [4.69, 9.17) is 0 Å². The van der Waals surface area contributed by atoms with Crippen LogP contribution in [-0.2, 0) is 0 Å². The molecule has 7 aromatic carbocycles. The lowest BCUT2D eigenvalue weighted by Gasteiger charge is -2.30. The van der Waals surface area contributed by atoms with Gasteiger partial charge in [0, 0.05) is 50.7 Å². The van der Waals surface area contributed by atoms with Gasteiger partial charge in [-0.1, -0.05) is 109 Å². The van der Waals surface area contributed by atoms with Gasteiger partial charge in [-0.2, -0.15) is 0 Å². The van der Waals surface area contributed by atoms with Gasteiger partial charge in [0.1, 0.15) is 0 Å². The van der Waals surface area contributed by atoms with E-state index in [2.05, 4.69) is 196 Å². The molecule has 0 N–H and O–H groups in total. The van der Waals surface area contributed by atoms with Crippen LogP contribution in [0.15, 0.2) is 176 Å². The summed E-state index contributed by atoms with van der Waals surface area (Å²) in [4.78, 5) is 0. The van der Waals surface area contributed by atoms with Crippen molar-refractivity contribution in [1.82, 2.24) is 13.7 Å². The molecule has 242 valence electrons. The second-order valence-corrected chi connectivity index (χ2v) is 14.1. The molecule has 0 aliphatic heterocycles. The van der Waals surface area contributed by atoms with Gasteiger partial charge in [-0.3, -0.25) is 0 Å². The summed E-state index contributed by atoms with van der Waals surface area (Å²) in [5.41, 5.74) is 17.8. The second kappa shape index (κ2) is 10.3. The molecule has 0 amide bonds. The third-order valence-corrected chi connectivity index (χ3v) is 11.5. The highest BCUT2D eigenvalue weighted by atomic mass is 15.0. The number of allylic oxidation sites excluding steroid dienone is 1. The largest absolute Gasteiger partial charge is 0.315 e. The van der Waals surface area contributed by atoms with E-state index in [-0.39, 0.29) is 0 Å². The van der Waals surface area contributed by atoms with Crippen LogP contribution in [0.5, 0.6) is 0 Å². The molecule has 1 unspecified atom stereocenters. The number of fused-ring (bicyclic) bond motifs is 13. The van der Waals surface area contributed by atoms with Crippen molar-refractivity contribution < 1.29 is 0 Å². The van der Waals surface area contributed by atoms with Gasteiger partial charge in [0.2, 0.25) is 0 Å². The zero-order valence-corrected chi connectivity index (χ0v) is 28.2. The molecule has 0 saturated carbocycles. The van der Waals surface area contributed by atoms with Crippen molar-refractivity contribution in [2.75, 3.05) is 0 Å².